The zero-order chi connectivity index (χ0) is 26.6. The molecule has 0 bridgehead atoms. The number of aliphatic carboxylic acids is 1. The fourth-order valence-corrected chi connectivity index (χ4v) is 2.76. The molecule has 0 fully saturated rings. The lowest BCUT2D eigenvalue weighted by Crippen LogP contribution is -2.60. The molecule has 5 atom stereocenters. The molecule has 34 heavy (non-hydrogen) atoms. The second kappa shape index (κ2) is 14.6. The van der Waals surface area contributed by atoms with E-state index >= 15 is 0 Å². The van der Waals surface area contributed by atoms with Crippen molar-refractivity contribution in [3.8, 4) is 0 Å². The van der Waals surface area contributed by atoms with Crippen molar-refractivity contribution in [3.63, 3.8) is 0 Å². The fraction of sp³-hybridized carbons (Fsp3) is 0.684. The van der Waals surface area contributed by atoms with E-state index in [1.807, 2.05) is 0 Å². The molecule has 0 rings (SSSR count). The quantitative estimate of drug-likeness (QED) is 0.0608. The normalized spacial score (nSPS) is 15.2. The van der Waals surface area contributed by atoms with Crippen molar-refractivity contribution in [2.75, 3.05) is 6.54 Å². The van der Waals surface area contributed by atoms with Crippen LogP contribution in [0.5, 0.6) is 0 Å². The Bertz CT molecular complexity index is 768. The van der Waals surface area contributed by atoms with Gasteiger partial charge in [0.05, 0.1) is 18.6 Å². The first kappa shape index (κ1) is 30.5. The van der Waals surface area contributed by atoms with Crippen molar-refractivity contribution in [2.45, 2.75) is 70.3 Å². The molecule has 194 valence electrons. The zero-order valence-corrected chi connectivity index (χ0v) is 19.5. The Morgan fingerprint density at radius 2 is 1.41 bits per heavy atom. The smallest absolute Gasteiger partial charge is 0.326 e. The van der Waals surface area contributed by atoms with Crippen molar-refractivity contribution < 1.29 is 34.2 Å². The molecule has 0 saturated carbocycles. The zero-order valence-electron chi connectivity index (χ0n) is 19.5. The largest absolute Gasteiger partial charge is 0.480 e. The van der Waals surface area contributed by atoms with Gasteiger partial charge in [0.2, 0.25) is 23.6 Å². The van der Waals surface area contributed by atoms with Crippen LogP contribution in [0, 0.1) is 5.92 Å². The summed E-state index contributed by atoms with van der Waals surface area (Å²) < 4.78 is 0. The number of carboxylic acids is 1. The standard InChI is InChI=1S/C19H36N8O7/c1-8(2)13(16(31)25-11(18(33)34)7-12(21)29)26-17(32)14(9(3)28)27-15(30)10(20)5-4-6-24-19(22)23/h8-11,13-14,28H,4-7,20H2,1-3H3,(H2,21,29)(H,25,31)(H,26,32)(H,27,30)(H,33,34)(H4,22,23,24). The first-order chi connectivity index (χ1) is 15.7. The number of primary amides is 1. The average molecular weight is 489 g/mol. The number of carbonyl (C=O) groups excluding carboxylic acids is 4. The van der Waals surface area contributed by atoms with Crippen LogP contribution in [0.3, 0.4) is 0 Å². The van der Waals surface area contributed by atoms with Gasteiger partial charge in [-0.1, -0.05) is 13.8 Å². The Balaban J connectivity index is 5.25. The van der Waals surface area contributed by atoms with Crippen LogP contribution in [-0.2, 0) is 24.0 Å². The summed E-state index contributed by atoms with van der Waals surface area (Å²) >= 11 is 0. The Morgan fingerprint density at radius 3 is 1.85 bits per heavy atom. The van der Waals surface area contributed by atoms with Gasteiger partial charge in [-0.2, -0.15) is 0 Å². The number of carbonyl (C=O) groups is 5. The van der Waals surface area contributed by atoms with Gasteiger partial charge >= 0.3 is 5.97 Å². The summed E-state index contributed by atoms with van der Waals surface area (Å²) in [6.45, 7) is 4.67. The van der Waals surface area contributed by atoms with Crippen molar-refractivity contribution in [1.29, 1.82) is 0 Å². The van der Waals surface area contributed by atoms with E-state index in [1.165, 1.54) is 6.92 Å². The highest BCUT2D eigenvalue weighted by molar-refractivity contribution is 5.95. The van der Waals surface area contributed by atoms with Crippen LogP contribution in [0.4, 0.5) is 0 Å². The molecule has 0 aromatic heterocycles. The Hall–Kier alpha value is -3.46. The molecule has 0 radical (unpaired) electrons. The molecule has 0 aromatic carbocycles. The average Bonchev–Trinajstić information content (AvgIpc) is 2.70. The molecule has 0 aliphatic rings. The van der Waals surface area contributed by atoms with Gasteiger partial charge in [-0.3, -0.25) is 24.2 Å². The van der Waals surface area contributed by atoms with Crippen LogP contribution in [0.1, 0.15) is 40.0 Å². The Kier molecular flexibility index (Phi) is 13.2. The highest BCUT2D eigenvalue weighted by Crippen LogP contribution is 2.06. The number of amides is 4. The number of aliphatic hydroxyl groups is 1. The second-order valence-electron chi connectivity index (χ2n) is 8.08. The van der Waals surface area contributed by atoms with Crippen LogP contribution in [-0.4, -0.2) is 82.6 Å². The third-order valence-electron chi connectivity index (χ3n) is 4.63. The number of nitrogens with one attached hydrogen (secondary N) is 3. The molecular weight excluding hydrogens is 452 g/mol. The van der Waals surface area contributed by atoms with E-state index in [4.69, 9.17) is 28.0 Å². The number of aliphatic imine (C=N–C) groups is 1. The van der Waals surface area contributed by atoms with E-state index in [-0.39, 0.29) is 18.9 Å². The predicted molar refractivity (Wildman–Crippen MR) is 122 cm³/mol. The molecule has 0 heterocycles. The number of carboxylic acid groups (broad SMARTS) is 1. The summed E-state index contributed by atoms with van der Waals surface area (Å²) in [4.78, 5) is 63.8. The number of nitrogens with two attached hydrogens (primary N) is 4. The summed E-state index contributed by atoms with van der Waals surface area (Å²) in [6, 6.07) is -5.30. The lowest BCUT2D eigenvalue weighted by atomic mass is 10.0. The molecule has 0 aliphatic carbocycles. The number of hydrogen-bond acceptors (Lipinski definition) is 8. The number of aliphatic hydroxyl groups excluding tert-OH is 1. The molecule has 15 nitrogen and oxygen atoms in total. The number of hydrogen-bond donors (Lipinski definition) is 9. The van der Waals surface area contributed by atoms with Crippen molar-refractivity contribution in [3.05, 3.63) is 0 Å². The molecule has 0 aliphatic heterocycles. The summed E-state index contributed by atoms with van der Waals surface area (Å²) in [5.41, 5.74) is 21.2. The van der Waals surface area contributed by atoms with Gasteiger partial charge in [0.15, 0.2) is 5.96 Å². The van der Waals surface area contributed by atoms with E-state index in [0.717, 1.165) is 0 Å². The highest BCUT2D eigenvalue weighted by atomic mass is 16.4. The van der Waals surface area contributed by atoms with E-state index in [9.17, 15) is 29.1 Å². The maximum Gasteiger partial charge on any atom is 0.326 e. The lowest BCUT2D eigenvalue weighted by molar-refractivity contribution is -0.144. The first-order valence-corrected chi connectivity index (χ1v) is 10.6. The van der Waals surface area contributed by atoms with E-state index in [0.29, 0.717) is 6.42 Å². The van der Waals surface area contributed by atoms with Crippen LogP contribution in [0.25, 0.3) is 0 Å². The van der Waals surface area contributed by atoms with E-state index in [2.05, 4.69) is 20.9 Å². The topological polar surface area (TPSA) is 278 Å². The number of guanidine groups is 1. The van der Waals surface area contributed by atoms with Gasteiger partial charge in [0, 0.05) is 6.54 Å². The van der Waals surface area contributed by atoms with Crippen molar-refractivity contribution >= 4 is 35.6 Å². The predicted octanol–water partition coefficient (Wildman–Crippen LogP) is -4.18. The lowest BCUT2D eigenvalue weighted by Gasteiger charge is -2.28. The Labute approximate surface area is 197 Å². The molecule has 4 amide bonds. The van der Waals surface area contributed by atoms with Gasteiger partial charge < -0.3 is 49.1 Å². The third-order valence-corrected chi connectivity index (χ3v) is 4.63. The van der Waals surface area contributed by atoms with Gasteiger partial charge in [-0.25, -0.2) is 4.79 Å². The molecular formula is C19H36N8O7. The molecule has 15 heteroatoms. The molecule has 5 unspecified atom stereocenters. The van der Waals surface area contributed by atoms with Gasteiger partial charge in [0.25, 0.3) is 0 Å². The SMILES string of the molecule is CC(C)C(NC(=O)C(NC(=O)C(N)CCCN=C(N)N)C(C)O)C(=O)NC(CC(N)=O)C(=O)O. The van der Waals surface area contributed by atoms with Gasteiger partial charge in [0.1, 0.15) is 18.1 Å². The van der Waals surface area contributed by atoms with Crippen LogP contribution in [0.2, 0.25) is 0 Å². The van der Waals surface area contributed by atoms with Gasteiger partial charge in [-0.05, 0) is 25.7 Å². The summed E-state index contributed by atoms with van der Waals surface area (Å²) in [5, 5.41) is 26.0. The molecule has 13 N–H and O–H groups in total. The van der Waals surface area contributed by atoms with Crippen molar-refractivity contribution in [2.24, 2.45) is 33.8 Å². The minimum atomic E-state index is -1.59. The van der Waals surface area contributed by atoms with Crippen LogP contribution in [0.15, 0.2) is 4.99 Å². The maximum atomic E-state index is 12.8. The molecule has 0 saturated heterocycles. The summed E-state index contributed by atoms with van der Waals surface area (Å²) in [5.74, 6) is -5.54. The molecule has 0 aromatic rings. The maximum absolute atomic E-state index is 12.8. The van der Waals surface area contributed by atoms with Gasteiger partial charge in [-0.15, -0.1) is 0 Å². The summed E-state index contributed by atoms with van der Waals surface area (Å²) in [6.07, 6.45) is -1.41. The first-order valence-electron chi connectivity index (χ1n) is 10.6. The van der Waals surface area contributed by atoms with E-state index in [1.54, 1.807) is 13.8 Å². The Morgan fingerprint density at radius 1 is 0.882 bits per heavy atom. The number of rotatable bonds is 15. The minimum Gasteiger partial charge on any atom is -0.480 e. The highest BCUT2D eigenvalue weighted by Gasteiger charge is 2.33. The van der Waals surface area contributed by atoms with Crippen LogP contribution < -0.4 is 38.9 Å². The minimum absolute atomic E-state index is 0.100. The second-order valence-corrected chi connectivity index (χ2v) is 8.08. The monoisotopic (exact) mass is 488 g/mol. The summed E-state index contributed by atoms with van der Waals surface area (Å²) in [7, 11) is 0. The van der Waals surface area contributed by atoms with E-state index < -0.39 is 72.2 Å². The van der Waals surface area contributed by atoms with Crippen molar-refractivity contribution in [1.82, 2.24) is 16.0 Å². The molecule has 0 spiro atoms. The van der Waals surface area contributed by atoms with Crippen LogP contribution >= 0.6 is 0 Å². The third kappa shape index (κ3) is 11.4. The fourth-order valence-electron chi connectivity index (χ4n) is 2.76. The number of nitrogens with zero attached hydrogens (tertiary/aromatic N) is 1.